The Morgan fingerprint density at radius 2 is 1.91 bits per heavy atom. The average Bonchev–Trinajstić information content (AvgIpc) is 3.05. The van der Waals surface area contributed by atoms with E-state index >= 15 is 0 Å². The molecule has 2 aliphatic rings. The molecule has 3 aromatic rings. The highest BCUT2D eigenvalue weighted by atomic mass is 79.9. The molecule has 0 nitrogen and oxygen atoms in total. The Morgan fingerprint density at radius 1 is 1.00 bits per heavy atom. The molecule has 5 rings (SSSR count). The normalized spacial score (nSPS) is 22.9. The second kappa shape index (κ2) is 4.97. The van der Waals surface area contributed by atoms with Gasteiger partial charge in [0.15, 0.2) is 0 Å². The first-order chi connectivity index (χ1) is 10.7. The number of rotatable bonds is 0. The molecule has 0 N–H and O–H groups in total. The Kier molecular flexibility index (Phi) is 3.13. The Hall–Kier alpha value is -0.550. The maximum Gasteiger partial charge on any atom is 0.0494 e. The van der Waals surface area contributed by atoms with Crippen LogP contribution in [0.2, 0.25) is 0 Å². The van der Waals surface area contributed by atoms with Gasteiger partial charge in [0.2, 0.25) is 0 Å². The molecule has 2 atom stereocenters. The molecule has 0 fully saturated rings. The zero-order chi connectivity index (χ0) is 14.8. The molecule has 2 heterocycles. The Balaban J connectivity index is 1.81. The summed E-state index contributed by atoms with van der Waals surface area (Å²) in [6.07, 6.45) is 6.85. The monoisotopic (exact) mass is 448 g/mol. The van der Waals surface area contributed by atoms with Crippen molar-refractivity contribution in [3.63, 3.8) is 0 Å². The van der Waals surface area contributed by atoms with Gasteiger partial charge in [0.25, 0.3) is 0 Å². The van der Waals surface area contributed by atoms with E-state index in [9.17, 15) is 0 Å². The summed E-state index contributed by atoms with van der Waals surface area (Å²) in [6, 6.07) is 11.2. The van der Waals surface area contributed by atoms with Crippen LogP contribution in [-0.2, 0) is 0 Å². The Labute approximate surface area is 153 Å². The molecule has 1 aromatic heterocycles. The summed E-state index contributed by atoms with van der Waals surface area (Å²) in [7, 11) is 0. The van der Waals surface area contributed by atoms with Crippen molar-refractivity contribution in [1.29, 1.82) is 0 Å². The van der Waals surface area contributed by atoms with E-state index in [-0.39, 0.29) is 0 Å². The van der Waals surface area contributed by atoms with Gasteiger partial charge in [-0.2, -0.15) is 0 Å². The van der Waals surface area contributed by atoms with Crippen LogP contribution < -0.4 is 0 Å². The summed E-state index contributed by atoms with van der Waals surface area (Å²) in [5.41, 5.74) is 1.48. The molecule has 22 heavy (non-hydrogen) atoms. The third-order valence-corrected chi connectivity index (χ3v) is 8.09. The van der Waals surface area contributed by atoms with Gasteiger partial charge in [-0.05, 0) is 23.8 Å². The number of benzene rings is 2. The fraction of sp³-hybridized carbons (Fsp3) is 0.111. The van der Waals surface area contributed by atoms with Gasteiger partial charge in [0.1, 0.15) is 0 Å². The molecular formula is C18H10Br2S2. The summed E-state index contributed by atoms with van der Waals surface area (Å²) in [5, 5.41) is 3.29. The van der Waals surface area contributed by atoms with Gasteiger partial charge in [0, 0.05) is 45.2 Å². The van der Waals surface area contributed by atoms with Gasteiger partial charge in [-0.1, -0.05) is 62.2 Å². The summed E-state index contributed by atoms with van der Waals surface area (Å²) in [6.45, 7) is 0. The summed E-state index contributed by atoms with van der Waals surface area (Å²) >= 11 is 11.2. The number of thiophene rings is 1. The van der Waals surface area contributed by atoms with Gasteiger partial charge in [-0.25, -0.2) is 0 Å². The molecular weight excluding hydrogens is 440 g/mol. The number of hydrogen-bond donors (Lipinski definition) is 0. The van der Waals surface area contributed by atoms with Crippen LogP contribution in [0.15, 0.2) is 62.4 Å². The molecule has 108 valence electrons. The molecule has 0 spiro atoms. The van der Waals surface area contributed by atoms with Crippen LogP contribution in [0.5, 0.6) is 0 Å². The second-order valence-corrected chi connectivity index (χ2v) is 9.69. The van der Waals surface area contributed by atoms with E-state index in [0.717, 1.165) is 4.47 Å². The van der Waals surface area contributed by atoms with Crippen molar-refractivity contribution in [1.82, 2.24) is 0 Å². The molecule has 0 saturated carbocycles. The van der Waals surface area contributed by atoms with Gasteiger partial charge < -0.3 is 0 Å². The van der Waals surface area contributed by atoms with E-state index in [1.807, 2.05) is 23.1 Å². The van der Waals surface area contributed by atoms with Gasteiger partial charge in [-0.15, -0.1) is 23.1 Å². The molecule has 2 unspecified atom stereocenters. The Morgan fingerprint density at radius 3 is 2.82 bits per heavy atom. The third kappa shape index (κ3) is 1.94. The predicted octanol–water partition coefficient (Wildman–Crippen LogP) is 7.22. The largest absolute Gasteiger partial charge is 0.134 e. The van der Waals surface area contributed by atoms with Gasteiger partial charge in [-0.3, -0.25) is 0 Å². The van der Waals surface area contributed by atoms with Crippen molar-refractivity contribution in [2.24, 2.45) is 0 Å². The molecule has 1 aliphatic carbocycles. The minimum absolute atomic E-state index is 0.501. The minimum Gasteiger partial charge on any atom is -0.134 e. The van der Waals surface area contributed by atoms with Crippen LogP contribution >= 0.6 is 55.0 Å². The molecule has 0 radical (unpaired) electrons. The number of halogens is 2. The predicted molar refractivity (Wildman–Crippen MR) is 106 cm³/mol. The van der Waals surface area contributed by atoms with Crippen LogP contribution in [0.3, 0.4) is 0 Å². The number of hydrogen-bond acceptors (Lipinski definition) is 2. The van der Waals surface area contributed by atoms with Crippen LogP contribution in [0.4, 0.5) is 0 Å². The van der Waals surface area contributed by atoms with Crippen LogP contribution in [0, 0.1) is 0 Å². The van der Waals surface area contributed by atoms with Crippen LogP contribution in [0.25, 0.3) is 20.2 Å². The van der Waals surface area contributed by atoms with Crippen LogP contribution in [0.1, 0.15) is 11.5 Å². The standard InChI is InChI=1S/C18H10Br2S2/c19-9-1-5-15-13(7-9)11-3-4-12-14-8-10(20)2-6-16(14)22-18(12)17(11)21-15/h1-8,13,15H. The summed E-state index contributed by atoms with van der Waals surface area (Å²) < 4.78 is 5.16. The average molecular weight is 450 g/mol. The van der Waals surface area contributed by atoms with Crippen molar-refractivity contribution in [2.75, 3.05) is 0 Å². The first kappa shape index (κ1) is 13.8. The van der Waals surface area contributed by atoms with E-state index < -0.39 is 0 Å². The first-order valence-electron chi connectivity index (χ1n) is 7.07. The quantitative estimate of drug-likeness (QED) is 0.349. The molecule has 2 aromatic carbocycles. The van der Waals surface area contributed by atoms with Crippen molar-refractivity contribution in [3.8, 4) is 0 Å². The van der Waals surface area contributed by atoms with E-state index in [1.165, 1.54) is 35.1 Å². The summed E-state index contributed by atoms with van der Waals surface area (Å²) in [4.78, 5) is 1.48. The zero-order valence-electron chi connectivity index (χ0n) is 11.3. The van der Waals surface area contributed by atoms with Crippen molar-refractivity contribution >= 4 is 75.1 Å². The topological polar surface area (TPSA) is 0 Å². The van der Waals surface area contributed by atoms with E-state index in [4.69, 9.17) is 0 Å². The minimum atomic E-state index is 0.501. The first-order valence-corrected chi connectivity index (χ1v) is 10.4. The zero-order valence-corrected chi connectivity index (χ0v) is 16.2. The van der Waals surface area contributed by atoms with Crippen molar-refractivity contribution in [2.45, 2.75) is 16.1 Å². The fourth-order valence-electron chi connectivity index (χ4n) is 3.33. The number of fused-ring (bicyclic) bond motifs is 7. The number of allylic oxidation sites excluding steroid dienone is 3. The van der Waals surface area contributed by atoms with E-state index in [0.29, 0.717) is 11.2 Å². The lowest BCUT2D eigenvalue weighted by atomic mass is 9.92. The fourth-order valence-corrected chi connectivity index (χ4v) is 6.89. The lowest BCUT2D eigenvalue weighted by molar-refractivity contribution is 0.882. The van der Waals surface area contributed by atoms with Crippen molar-refractivity contribution < 1.29 is 0 Å². The molecule has 4 heteroatoms. The van der Waals surface area contributed by atoms with Gasteiger partial charge in [0.05, 0.1) is 0 Å². The Bertz CT molecular complexity index is 997. The second-order valence-electron chi connectivity index (χ2n) is 5.62. The lowest BCUT2D eigenvalue weighted by Crippen LogP contribution is -2.07. The maximum atomic E-state index is 3.62. The highest BCUT2D eigenvalue weighted by Crippen LogP contribution is 2.54. The third-order valence-electron chi connectivity index (χ3n) is 4.34. The smallest absolute Gasteiger partial charge is 0.0494 e. The SMILES string of the molecule is BrC1=CC2c3ccc4c(sc5ccc(Br)cc54)c3SC2C=C1. The molecule has 0 bridgehead atoms. The number of thioether (sulfide) groups is 1. The van der Waals surface area contributed by atoms with E-state index in [2.05, 4.69) is 80.4 Å². The highest BCUT2D eigenvalue weighted by molar-refractivity contribution is 9.12. The lowest BCUT2D eigenvalue weighted by Gasteiger charge is -2.16. The molecule has 1 aliphatic heterocycles. The van der Waals surface area contributed by atoms with Crippen molar-refractivity contribution in [3.05, 3.63) is 63.1 Å². The molecule has 0 saturated heterocycles. The maximum absolute atomic E-state index is 3.62. The van der Waals surface area contributed by atoms with Gasteiger partial charge >= 0.3 is 0 Å². The molecule has 0 amide bonds. The highest BCUT2D eigenvalue weighted by Gasteiger charge is 2.33. The van der Waals surface area contributed by atoms with E-state index in [1.54, 1.807) is 0 Å². The van der Waals surface area contributed by atoms with Crippen LogP contribution in [-0.4, -0.2) is 5.25 Å². The summed E-state index contributed by atoms with van der Waals surface area (Å²) in [5.74, 6) is 0.501.